The van der Waals surface area contributed by atoms with E-state index in [4.69, 9.17) is 16.3 Å². The first-order valence-electron chi connectivity index (χ1n) is 6.25. The molecule has 1 amide bonds. The molecule has 3 aromatic rings. The molecule has 21 heavy (non-hydrogen) atoms. The van der Waals surface area contributed by atoms with Gasteiger partial charge in [-0.1, -0.05) is 17.7 Å². The van der Waals surface area contributed by atoms with Crippen molar-refractivity contribution in [1.82, 2.24) is 10.2 Å². The topological polar surface area (TPSA) is 67.0 Å². The number of halogens is 1. The highest BCUT2D eigenvalue weighted by molar-refractivity contribution is 6.33. The van der Waals surface area contributed by atoms with Crippen LogP contribution in [0, 0.1) is 0 Å². The van der Waals surface area contributed by atoms with Gasteiger partial charge in [-0.3, -0.25) is 9.89 Å². The van der Waals surface area contributed by atoms with E-state index < -0.39 is 0 Å². The van der Waals surface area contributed by atoms with Crippen LogP contribution in [0.4, 0.5) is 5.82 Å². The average molecular weight is 302 g/mol. The molecule has 0 radical (unpaired) electrons. The van der Waals surface area contributed by atoms with E-state index in [1.54, 1.807) is 13.2 Å². The Kier molecular flexibility index (Phi) is 3.50. The van der Waals surface area contributed by atoms with Gasteiger partial charge >= 0.3 is 0 Å². The van der Waals surface area contributed by atoms with Crippen LogP contribution in [0.3, 0.4) is 0 Å². The Bertz CT molecular complexity index is 814. The molecular weight excluding hydrogens is 290 g/mol. The molecule has 0 saturated heterocycles. The minimum absolute atomic E-state index is 0.487. The number of carbonyl (C=O) groups is 1. The number of anilines is 1. The normalized spacial score (nSPS) is 10.6. The Hall–Kier alpha value is -2.53. The highest BCUT2D eigenvalue weighted by Crippen LogP contribution is 2.34. The molecule has 0 unspecified atom stereocenters. The van der Waals surface area contributed by atoms with Crippen LogP contribution in [0.2, 0.25) is 5.02 Å². The second-order valence-electron chi connectivity index (χ2n) is 4.44. The summed E-state index contributed by atoms with van der Waals surface area (Å²) in [6.45, 7) is 0. The third kappa shape index (κ3) is 2.43. The molecule has 6 heteroatoms. The zero-order valence-electron chi connectivity index (χ0n) is 11.2. The minimum atomic E-state index is 0.487. The molecule has 0 bridgehead atoms. The molecule has 0 atom stereocenters. The van der Waals surface area contributed by atoms with Crippen molar-refractivity contribution in [2.24, 2.45) is 0 Å². The first-order chi connectivity index (χ1) is 10.2. The highest BCUT2D eigenvalue weighted by Gasteiger charge is 2.10. The van der Waals surface area contributed by atoms with Gasteiger partial charge < -0.3 is 10.1 Å². The van der Waals surface area contributed by atoms with Gasteiger partial charge in [0.25, 0.3) is 0 Å². The van der Waals surface area contributed by atoms with Gasteiger partial charge in [0, 0.05) is 16.0 Å². The minimum Gasteiger partial charge on any atom is -0.497 e. The van der Waals surface area contributed by atoms with E-state index in [0.29, 0.717) is 17.3 Å². The fraction of sp³-hybridized carbons (Fsp3) is 0.0667. The number of methoxy groups -OCH3 is 1. The number of ether oxygens (including phenoxy) is 1. The molecule has 1 aromatic heterocycles. The van der Waals surface area contributed by atoms with Crippen LogP contribution < -0.4 is 10.1 Å². The van der Waals surface area contributed by atoms with Gasteiger partial charge in [0.05, 0.1) is 12.6 Å². The summed E-state index contributed by atoms with van der Waals surface area (Å²) in [7, 11) is 1.61. The van der Waals surface area contributed by atoms with E-state index in [1.165, 1.54) is 0 Å². The lowest BCUT2D eigenvalue weighted by molar-refractivity contribution is -0.105. The monoisotopic (exact) mass is 301 g/mol. The second-order valence-corrected chi connectivity index (χ2v) is 4.85. The zero-order chi connectivity index (χ0) is 14.8. The predicted octanol–water partition coefficient (Wildman–Crippen LogP) is 3.46. The molecular formula is C15H12ClN3O2. The van der Waals surface area contributed by atoms with Crippen LogP contribution in [0.5, 0.6) is 5.75 Å². The number of aromatic amines is 1. The van der Waals surface area contributed by atoms with E-state index in [9.17, 15) is 4.79 Å². The Morgan fingerprint density at radius 2 is 2.14 bits per heavy atom. The lowest BCUT2D eigenvalue weighted by Gasteiger charge is -2.08. The number of benzene rings is 2. The molecule has 2 N–H and O–H groups in total. The Morgan fingerprint density at radius 3 is 2.90 bits per heavy atom. The standard InChI is InChI=1S/C15H12ClN3O2/c1-21-10-3-4-13(16)11(7-10)9-2-5-14-12(6-9)15(17-8-20)19-18-14/h2-8H,1H3,(H2,17,18,19,20). The molecule has 0 saturated carbocycles. The first-order valence-corrected chi connectivity index (χ1v) is 6.63. The number of amides is 1. The van der Waals surface area contributed by atoms with Gasteiger partial charge in [-0.2, -0.15) is 5.10 Å². The van der Waals surface area contributed by atoms with Gasteiger partial charge in [-0.15, -0.1) is 0 Å². The number of nitrogens with zero attached hydrogens (tertiary/aromatic N) is 1. The van der Waals surface area contributed by atoms with Gasteiger partial charge in [-0.25, -0.2) is 0 Å². The summed E-state index contributed by atoms with van der Waals surface area (Å²) < 4.78 is 5.23. The lowest BCUT2D eigenvalue weighted by atomic mass is 10.0. The molecule has 3 rings (SSSR count). The van der Waals surface area contributed by atoms with Crippen molar-refractivity contribution in [2.75, 3.05) is 12.4 Å². The van der Waals surface area contributed by atoms with E-state index in [1.807, 2.05) is 30.3 Å². The van der Waals surface area contributed by atoms with Crippen molar-refractivity contribution in [3.05, 3.63) is 41.4 Å². The molecule has 1 heterocycles. The summed E-state index contributed by atoms with van der Waals surface area (Å²) >= 11 is 6.26. The Balaban J connectivity index is 2.16. The van der Waals surface area contributed by atoms with Crippen molar-refractivity contribution >= 4 is 34.7 Å². The predicted molar refractivity (Wildman–Crippen MR) is 82.8 cm³/mol. The molecule has 5 nitrogen and oxygen atoms in total. The fourth-order valence-electron chi connectivity index (χ4n) is 2.20. The second kappa shape index (κ2) is 5.46. The van der Waals surface area contributed by atoms with Crippen molar-refractivity contribution in [2.45, 2.75) is 0 Å². The number of aromatic nitrogens is 2. The van der Waals surface area contributed by atoms with Gasteiger partial charge in [0.15, 0.2) is 5.82 Å². The van der Waals surface area contributed by atoms with Crippen LogP contribution in [0.1, 0.15) is 0 Å². The number of rotatable bonds is 4. The van der Waals surface area contributed by atoms with Gasteiger partial charge in [0.2, 0.25) is 6.41 Å². The number of hydrogen-bond donors (Lipinski definition) is 2. The van der Waals surface area contributed by atoms with Crippen molar-refractivity contribution in [1.29, 1.82) is 0 Å². The third-order valence-electron chi connectivity index (χ3n) is 3.24. The highest BCUT2D eigenvalue weighted by atomic mass is 35.5. The van der Waals surface area contributed by atoms with Crippen LogP contribution in [-0.4, -0.2) is 23.7 Å². The summed E-state index contributed by atoms with van der Waals surface area (Å²) in [5, 5.41) is 10.9. The number of carbonyl (C=O) groups excluding carboxylic acids is 1. The van der Waals surface area contributed by atoms with Crippen molar-refractivity contribution < 1.29 is 9.53 Å². The summed E-state index contributed by atoms with van der Waals surface area (Å²) in [5.41, 5.74) is 2.61. The van der Waals surface area contributed by atoms with Crippen LogP contribution in [0.25, 0.3) is 22.0 Å². The lowest BCUT2D eigenvalue weighted by Crippen LogP contribution is -1.94. The Morgan fingerprint density at radius 1 is 1.29 bits per heavy atom. The number of H-pyrrole nitrogens is 1. The summed E-state index contributed by atoms with van der Waals surface area (Å²) in [6.07, 6.45) is 0.598. The molecule has 2 aromatic carbocycles. The van der Waals surface area contributed by atoms with Crippen molar-refractivity contribution in [3.8, 4) is 16.9 Å². The molecule has 0 aliphatic carbocycles. The fourth-order valence-corrected chi connectivity index (χ4v) is 2.43. The van der Waals surface area contributed by atoms with Crippen LogP contribution in [0.15, 0.2) is 36.4 Å². The summed E-state index contributed by atoms with van der Waals surface area (Å²) in [6, 6.07) is 11.2. The maximum atomic E-state index is 10.6. The van der Waals surface area contributed by atoms with Crippen molar-refractivity contribution in [3.63, 3.8) is 0 Å². The maximum Gasteiger partial charge on any atom is 0.212 e. The number of nitrogens with one attached hydrogen (secondary N) is 2. The third-order valence-corrected chi connectivity index (χ3v) is 3.57. The van der Waals surface area contributed by atoms with E-state index in [-0.39, 0.29) is 0 Å². The number of fused-ring (bicyclic) bond motifs is 1. The molecule has 0 fully saturated rings. The Labute approximate surface area is 125 Å². The first kappa shape index (κ1) is 13.5. The smallest absolute Gasteiger partial charge is 0.212 e. The largest absolute Gasteiger partial charge is 0.497 e. The molecule has 0 aliphatic heterocycles. The number of hydrogen-bond acceptors (Lipinski definition) is 3. The average Bonchev–Trinajstić information content (AvgIpc) is 2.91. The van der Waals surface area contributed by atoms with Crippen LogP contribution in [-0.2, 0) is 4.79 Å². The van der Waals surface area contributed by atoms with Crippen LogP contribution >= 0.6 is 11.6 Å². The van der Waals surface area contributed by atoms with E-state index in [0.717, 1.165) is 27.8 Å². The SMILES string of the molecule is COc1ccc(Cl)c(-c2ccc3[nH]nc(NC=O)c3c2)c1. The zero-order valence-corrected chi connectivity index (χ0v) is 11.9. The van der Waals surface area contributed by atoms with E-state index in [2.05, 4.69) is 15.5 Å². The maximum absolute atomic E-state index is 10.6. The molecule has 106 valence electrons. The van der Waals surface area contributed by atoms with E-state index >= 15 is 0 Å². The quantitative estimate of drug-likeness (QED) is 0.725. The van der Waals surface area contributed by atoms with Gasteiger partial charge in [0.1, 0.15) is 5.75 Å². The van der Waals surface area contributed by atoms with Gasteiger partial charge in [-0.05, 0) is 35.9 Å². The summed E-state index contributed by atoms with van der Waals surface area (Å²) in [4.78, 5) is 10.6. The summed E-state index contributed by atoms with van der Waals surface area (Å²) in [5.74, 6) is 1.22. The molecule has 0 spiro atoms. The molecule has 0 aliphatic rings.